The van der Waals surface area contributed by atoms with Crippen molar-refractivity contribution in [1.82, 2.24) is 0 Å². The molecule has 1 nitrogen and oxygen atoms in total. The van der Waals surface area contributed by atoms with Crippen LogP contribution in [0.2, 0.25) is 0 Å². The van der Waals surface area contributed by atoms with Gasteiger partial charge in [0.2, 0.25) is 0 Å². The number of ether oxygens (including phenoxy) is 1. The molecule has 1 aromatic rings. The number of hydrogen-bond acceptors (Lipinski definition) is 1. The van der Waals surface area contributed by atoms with Crippen LogP contribution in [0, 0.1) is 18.6 Å². The maximum atomic E-state index is 13.1. The number of hydrogen-bond donors (Lipinski definition) is 0. The van der Waals surface area contributed by atoms with E-state index in [2.05, 4.69) is 15.9 Å². The average Bonchev–Trinajstić information content (AvgIpc) is 2.19. The van der Waals surface area contributed by atoms with Crippen LogP contribution >= 0.6 is 15.9 Å². The Labute approximate surface area is 97.6 Å². The first kappa shape index (κ1) is 14.4. The van der Waals surface area contributed by atoms with E-state index >= 15 is 0 Å². The van der Waals surface area contributed by atoms with Gasteiger partial charge in [-0.05, 0) is 18.6 Å². The predicted molar refractivity (Wildman–Crippen MR) is 61.7 cm³/mol. The first-order chi connectivity index (χ1) is 7.15. The molecule has 0 aliphatic heterocycles. The fourth-order valence-corrected chi connectivity index (χ4v) is 1.17. The SMILES string of the molecule is CC.Cc1cc(F)cc(F)c1OCCBr. The molecular weight excluding hydrogens is 266 g/mol. The summed E-state index contributed by atoms with van der Waals surface area (Å²) >= 11 is 3.15. The molecule has 0 fully saturated rings. The zero-order chi connectivity index (χ0) is 11.8. The van der Waals surface area contributed by atoms with E-state index in [1.807, 2.05) is 13.8 Å². The van der Waals surface area contributed by atoms with Crippen molar-refractivity contribution in [1.29, 1.82) is 0 Å². The topological polar surface area (TPSA) is 9.23 Å². The van der Waals surface area contributed by atoms with Crippen molar-refractivity contribution in [3.8, 4) is 5.75 Å². The van der Waals surface area contributed by atoms with Gasteiger partial charge in [0.15, 0.2) is 11.6 Å². The van der Waals surface area contributed by atoms with Gasteiger partial charge in [0.25, 0.3) is 0 Å². The molecule has 0 atom stereocenters. The normalized spacial score (nSPS) is 9.20. The molecule has 0 aliphatic carbocycles. The van der Waals surface area contributed by atoms with Gasteiger partial charge in [0, 0.05) is 11.4 Å². The Balaban J connectivity index is 0.000000921. The lowest BCUT2D eigenvalue weighted by Crippen LogP contribution is -2.02. The standard InChI is InChI=1S/C9H9BrF2O.C2H6/c1-6-4-7(11)5-8(12)9(6)13-3-2-10;1-2/h4-5H,2-3H2,1H3;1-2H3. The van der Waals surface area contributed by atoms with E-state index in [0.29, 0.717) is 17.5 Å². The summed E-state index contributed by atoms with van der Waals surface area (Å²) in [5, 5.41) is 0.614. The molecule has 0 saturated carbocycles. The van der Waals surface area contributed by atoms with E-state index in [1.165, 1.54) is 6.07 Å². The Morgan fingerprint density at radius 1 is 1.27 bits per heavy atom. The van der Waals surface area contributed by atoms with Crippen LogP contribution in [-0.2, 0) is 0 Å². The number of alkyl halides is 1. The molecule has 0 aliphatic rings. The number of benzene rings is 1. The molecule has 0 aromatic heterocycles. The minimum atomic E-state index is -0.654. The van der Waals surface area contributed by atoms with Crippen molar-refractivity contribution in [2.75, 3.05) is 11.9 Å². The van der Waals surface area contributed by atoms with Crippen LogP contribution in [0.3, 0.4) is 0 Å². The Morgan fingerprint density at radius 2 is 1.87 bits per heavy atom. The van der Waals surface area contributed by atoms with Crippen LogP contribution in [0.15, 0.2) is 12.1 Å². The number of rotatable bonds is 3. The van der Waals surface area contributed by atoms with E-state index in [-0.39, 0.29) is 5.75 Å². The van der Waals surface area contributed by atoms with Crippen LogP contribution in [0.4, 0.5) is 8.78 Å². The Morgan fingerprint density at radius 3 is 2.33 bits per heavy atom. The zero-order valence-electron chi connectivity index (χ0n) is 9.11. The molecule has 0 unspecified atom stereocenters. The van der Waals surface area contributed by atoms with Crippen LogP contribution < -0.4 is 4.74 Å². The van der Waals surface area contributed by atoms with Gasteiger partial charge in [0.1, 0.15) is 5.82 Å². The van der Waals surface area contributed by atoms with Crippen LogP contribution in [0.1, 0.15) is 19.4 Å². The largest absolute Gasteiger partial charge is 0.489 e. The second-order valence-electron chi connectivity index (χ2n) is 2.57. The molecule has 1 rings (SSSR count). The van der Waals surface area contributed by atoms with Gasteiger partial charge >= 0.3 is 0 Å². The summed E-state index contributed by atoms with van der Waals surface area (Å²) in [6, 6.07) is 2.06. The highest BCUT2D eigenvalue weighted by molar-refractivity contribution is 9.09. The minimum absolute atomic E-state index is 0.126. The second-order valence-corrected chi connectivity index (χ2v) is 3.36. The molecule has 0 spiro atoms. The molecule has 15 heavy (non-hydrogen) atoms. The highest BCUT2D eigenvalue weighted by Gasteiger charge is 2.08. The van der Waals surface area contributed by atoms with Gasteiger partial charge < -0.3 is 4.74 Å². The lowest BCUT2D eigenvalue weighted by atomic mass is 10.2. The van der Waals surface area contributed by atoms with E-state index in [9.17, 15) is 8.78 Å². The number of halogens is 3. The average molecular weight is 281 g/mol. The first-order valence-corrected chi connectivity index (χ1v) is 5.91. The van der Waals surface area contributed by atoms with E-state index < -0.39 is 11.6 Å². The smallest absolute Gasteiger partial charge is 0.168 e. The van der Waals surface area contributed by atoms with Crippen molar-refractivity contribution in [3.05, 3.63) is 29.3 Å². The van der Waals surface area contributed by atoms with Gasteiger partial charge in [-0.25, -0.2) is 8.78 Å². The van der Waals surface area contributed by atoms with E-state index in [1.54, 1.807) is 6.92 Å². The van der Waals surface area contributed by atoms with Crippen molar-refractivity contribution in [2.45, 2.75) is 20.8 Å². The fraction of sp³-hybridized carbons (Fsp3) is 0.455. The van der Waals surface area contributed by atoms with E-state index in [0.717, 1.165) is 6.07 Å². The molecule has 1 aromatic carbocycles. The molecule has 0 bridgehead atoms. The summed E-state index contributed by atoms with van der Waals surface area (Å²) in [5.74, 6) is -1.11. The summed E-state index contributed by atoms with van der Waals surface area (Å²) < 4.78 is 30.8. The second kappa shape index (κ2) is 7.63. The van der Waals surface area contributed by atoms with Crippen molar-refractivity contribution >= 4 is 15.9 Å². The monoisotopic (exact) mass is 280 g/mol. The Hall–Kier alpha value is -0.640. The highest BCUT2D eigenvalue weighted by Crippen LogP contribution is 2.23. The van der Waals surface area contributed by atoms with Crippen LogP contribution in [0.5, 0.6) is 5.75 Å². The number of aryl methyl sites for hydroxylation is 1. The lowest BCUT2D eigenvalue weighted by Gasteiger charge is -2.08. The summed E-state index contributed by atoms with van der Waals surface area (Å²) in [7, 11) is 0. The lowest BCUT2D eigenvalue weighted by molar-refractivity contribution is 0.322. The molecule has 4 heteroatoms. The zero-order valence-corrected chi connectivity index (χ0v) is 10.7. The molecule has 0 N–H and O–H groups in total. The fourth-order valence-electron chi connectivity index (χ4n) is 1.01. The van der Waals surface area contributed by atoms with Crippen molar-refractivity contribution in [2.24, 2.45) is 0 Å². The quantitative estimate of drug-likeness (QED) is 0.759. The summed E-state index contributed by atoms with van der Waals surface area (Å²) in [6.45, 7) is 5.97. The van der Waals surface area contributed by atoms with Crippen LogP contribution in [0.25, 0.3) is 0 Å². The molecular formula is C11H15BrF2O. The Kier molecular flexibility index (Phi) is 7.30. The summed E-state index contributed by atoms with van der Waals surface area (Å²) in [6.07, 6.45) is 0. The summed E-state index contributed by atoms with van der Waals surface area (Å²) in [5.41, 5.74) is 0.471. The van der Waals surface area contributed by atoms with Gasteiger partial charge in [-0.15, -0.1) is 0 Å². The predicted octanol–water partition coefficient (Wildman–Crippen LogP) is 4.07. The van der Waals surface area contributed by atoms with Gasteiger partial charge in [-0.1, -0.05) is 29.8 Å². The highest BCUT2D eigenvalue weighted by atomic mass is 79.9. The van der Waals surface area contributed by atoms with Crippen molar-refractivity contribution < 1.29 is 13.5 Å². The first-order valence-electron chi connectivity index (χ1n) is 4.79. The van der Waals surface area contributed by atoms with Crippen LogP contribution in [-0.4, -0.2) is 11.9 Å². The van der Waals surface area contributed by atoms with Gasteiger partial charge in [-0.2, -0.15) is 0 Å². The molecule has 0 heterocycles. The molecule has 0 radical (unpaired) electrons. The minimum Gasteiger partial charge on any atom is -0.489 e. The Bertz CT molecular complexity index is 280. The maximum absolute atomic E-state index is 13.1. The summed E-state index contributed by atoms with van der Waals surface area (Å²) in [4.78, 5) is 0. The third-order valence-electron chi connectivity index (χ3n) is 1.52. The van der Waals surface area contributed by atoms with E-state index in [4.69, 9.17) is 4.74 Å². The third kappa shape index (κ3) is 4.60. The van der Waals surface area contributed by atoms with Gasteiger partial charge in [-0.3, -0.25) is 0 Å². The molecule has 0 saturated heterocycles. The van der Waals surface area contributed by atoms with Crippen molar-refractivity contribution in [3.63, 3.8) is 0 Å². The maximum Gasteiger partial charge on any atom is 0.168 e. The molecule has 0 amide bonds. The molecule has 86 valence electrons. The van der Waals surface area contributed by atoms with Gasteiger partial charge in [0.05, 0.1) is 6.61 Å². The third-order valence-corrected chi connectivity index (χ3v) is 1.84.